The van der Waals surface area contributed by atoms with Gasteiger partial charge < -0.3 is 0 Å². The molecule has 0 fully saturated rings. The van der Waals surface area contributed by atoms with Crippen molar-refractivity contribution < 1.29 is 0 Å². The molecule has 1 aliphatic heterocycles. The molecule has 0 saturated carbocycles. The highest BCUT2D eigenvalue weighted by Crippen LogP contribution is 2.17. The highest BCUT2D eigenvalue weighted by Gasteiger charge is 2.04. The van der Waals surface area contributed by atoms with Crippen LogP contribution in [-0.4, -0.2) is 11.2 Å². The van der Waals surface area contributed by atoms with Gasteiger partial charge in [-0.15, -0.1) is 0 Å². The summed E-state index contributed by atoms with van der Waals surface area (Å²) in [6.07, 6.45) is 10.5. The zero-order valence-electron chi connectivity index (χ0n) is 10.7. The Bertz CT molecular complexity index is 430. The number of rotatable bonds is 4. The minimum atomic E-state index is 0.502. The fraction of sp³-hybridized carbons (Fsp3) is 0.467. The van der Waals surface area contributed by atoms with Gasteiger partial charge in [-0.25, -0.2) is 0 Å². The third-order valence-electron chi connectivity index (χ3n) is 3.04. The first-order valence-electron chi connectivity index (χ1n) is 6.42. The summed E-state index contributed by atoms with van der Waals surface area (Å²) >= 11 is 0. The molecule has 0 amide bonds. The second-order valence-electron chi connectivity index (χ2n) is 4.83. The van der Waals surface area contributed by atoms with Crippen molar-refractivity contribution in [3.8, 4) is 0 Å². The molecule has 2 nitrogen and oxygen atoms in total. The van der Waals surface area contributed by atoms with Crippen molar-refractivity contribution in [1.29, 1.82) is 0 Å². The molecule has 0 N–H and O–H groups in total. The molecule has 0 aliphatic carbocycles. The second kappa shape index (κ2) is 5.76. The van der Waals surface area contributed by atoms with E-state index in [1.165, 1.54) is 17.0 Å². The van der Waals surface area contributed by atoms with Gasteiger partial charge in [-0.3, -0.25) is 9.98 Å². The Balaban J connectivity index is 1.96. The van der Waals surface area contributed by atoms with Gasteiger partial charge in [0.1, 0.15) is 0 Å². The van der Waals surface area contributed by atoms with E-state index in [0.717, 1.165) is 25.7 Å². The summed E-state index contributed by atoms with van der Waals surface area (Å²) in [4.78, 5) is 8.81. The van der Waals surface area contributed by atoms with E-state index in [0.29, 0.717) is 5.92 Å². The SMILES string of the molecule is CC(C)c1cc(CCC2=CCCC=N2)ccn1. The van der Waals surface area contributed by atoms with Crippen LogP contribution in [0.4, 0.5) is 0 Å². The predicted molar refractivity (Wildman–Crippen MR) is 72.5 cm³/mol. The van der Waals surface area contributed by atoms with Crippen LogP contribution in [0.2, 0.25) is 0 Å². The zero-order chi connectivity index (χ0) is 12.1. The zero-order valence-corrected chi connectivity index (χ0v) is 10.7. The van der Waals surface area contributed by atoms with E-state index in [4.69, 9.17) is 0 Å². The minimum Gasteiger partial charge on any atom is -0.266 e. The Morgan fingerprint density at radius 1 is 1.24 bits per heavy atom. The molecule has 17 heavy (non-hydrogen) atoms. The number of aryl methyl sites for hydroxylation is 1. The average molecular weight is 228 g/mol. The van der Waals surface area contributed by atoms with E-state index < -0.39 is 0 Å². The lowest BCUT2D eigenvalue weighted by atomic mass is 10.0. The molecule has 2 rings (SSSR count). The number of aromatic nitrogens is 1. The molecule has 2 heteroatoms. The molecule has 0 bridgehead atoms. The molecule has 0 radical (unpaired) electrons. The summed E-state index contributed by atoms with van der Waals surface area (Å²) in [7, 11) is 0. The lowest BCUT2D eigenvalue weighted by Gasteiger charge is -2.08. The molecule has 0 unspecified atom stereocenters. The Morgan fingerprint density at radius 3 is 2.82 bits per heavy atom. The summed E-state index contributed by atoms with van der Waals surface area (Å²) in [6, 6.07) is 4.33. The van der Waals surface area contributed by atoms with Gasteiger partial charge in [-0.05, 0) is 49.3 Å². The maximum absolute atomic E-state index is 4.42. The molecule has 90 valence electrons. The first-order chi connectivity index (χ1) is 8.25. The van der Waals surface area contributed by atoms with Crippen LogP contribution in [0.1, 0.15) is 50.3 Å². The largest absolute Gasteiger partial charge is 0.266 e. The number of allylic oxidation sites excluding steroid dienone is 2. The molecular weight excluding hydrogens is 208 g/mol. The Hall–Kier alpha value is -1.44. The van der Waals surface area contributed by atoms with Crippen LogP contribution in [-0.2, 0) is 6.42 Å². The fourth-order valence-electron chi connectivity index (χ4n) is 1.96. The van der Waals surface area contributed by atoms with Crippen molar-refractivity contribution >= 4 is 6.21 Å². The highest BCUT2D eigenvalue weighted by molar-refractivity contribution is 5.60. The summed E-state index contributed by atoms with van der Waals surface area (Å²) in [5.41, 5.74) is 3.79. The van der Waals surface area contributed by atoms with E-state index in [1.54, 1.807) is 0 Å². The normalized spacial score (nSPS) is 15.1. The quantitative estimate of drug-likeness (QED) is 0.767. The van der Waals surface area contributed by atoms with Crippen LogP contribution < -0.4 is 0 Å². The first-order valence-corrected chi connectivity index (χ1v) is 6.42. The standard InChI is InChI=1S/C15H20N2/c1-12(2)15-11-13(8-10-17-15)6-7-14-5-3-4-9-16-14/h5,8-12H,3-4,6-7H2,1-2H3. The van der Waals surface area contributed by atoms with Gasteiger partial charge in [0.15, 0.2) is 0 Å². The lowest BCUT2D eigenvalue weighted by molar-refractivity contribution is 0.811. The summed E-state index contributed by atoms with van der Waals surface area (Å²) in [5, 5.41) is 0. The highest BCUT2D eigenvalue weighted by atomic mass is 14.7. The molecule has 0 aromatic carbocycles. The predicted octanol–water partition coefficient (Wildman–Crippen LogP) is 3.89. The van der Waals surface area contributed by atoms with Crippen molar-refractivity contribution in [3.05, 3.63) is 41.4 Å². The van der Waals surface area contributed by atoms with Crippen molar-refractivity contribution in [2.45, 2.75) is 45.4 Å². The molecule has 1 aliphatic rings. The smallest absolute Gasteiger partial charge is 0.0431 e. The van der Waals surface area contributed by atoms with Gasteiger partial charge in [0.2, 0.25) is 0 Å². The van der Waals surface area contributed by atoms with Crippen molar-refractivity contribution in [2.24, 2.45) is 4.99 Å². The van der Waals surface area contributed by atoms with Crippen LogP contribution in [0.25, 0.3) is 0 Å². The fourth-order valence-corrected chi connectivity index (χ4v) is 1.96. The monoisotopic (exact) mass is 228 g/mol. The number of aliphatic imine (C=N–C) groups is 1. The number of hydrogen-bond donors (Lipinski definition) is 0. The van der Waals surface area contributed by atoms with Gasteiger partial charge in [0.05, 0.1) is 0 Å². The minimum absolute atomic E-state index is 0.502. The summed E-state index contributed by atoms with van der Waals surface area (Å²) < 4.78 is 0. The van der Waals surface area contributed by atoms with Gasteiger partial charge in [0.25, 0.3) is 0 Å². The van der Waals surface area contributed by atoms with E-state index in [-0.39, 0.29) is 0 Å². The van der Waals surface area contributed by atoms with Gasteiger partial charge in [-0.1, -0.05) is 19.9 Å². The first kappa shape index (κ1) is 12.0. The second-order valence-corrected chi connectivity index (χ2v) is 4.83. The number of hydrogen-bond acceptors (Lipinski definition) is 2. The van der Waals surface area contributed by atoms with Crippen LogP contribution in [0, 0.1) is 0 Å². The third kappa shape index (κ3) is 3.52. The molecule has 2 heterocycles. The van der Waals surface area contributed by atoms with Crippen LogP contribution in [0.3, 0.4) is 0 Å². The van der Waals surface area contributed by atoms with E-state index in [2.05, 4.69) is 42.0 Å². The van der Waals surface area contributed by atoms with Gasteiger partial charge in [0, 0.05) is 23.8 Å². The van der Waals surface area contributed by atoms with Gasteiger partial charge in [-0.2, -0.15) is 0 Å². The van der Waals surface area contributed by atoms with Crippen LogP contribution in [0.15, 0.2) is 35.1 Å². The van der Waals surface area contributed by atoms with Crippen LogP contribution in [0.5, 0.6) is 0 Å². The molecular formula is C15H20N2. The number of pyridine rings is 1. The Labute approximate surface area is 104 Å². The molecule has 0 saturated heterocycles. The van der Waals surface area contributed by atoms with E-state index in [9.17, 15) is 0 Å². The summed E-state index contributed by atoms with van der Waals surface area (Å²) in [6.45, 7) is 4.36. The van der Waals surface area contributed by atoms with E-state index >= 15 is 0 Å². The maximum Gasteiger partial charge on any atom is 0.0431 e. The summed E-state index contributed by atoms with van der Waals surface area (Å²) in [5.74, 6) is 0.502. The molecule has 0 atom stereocenters. The van der Waals surface area contributed by atoms with Crippen molar-refractivity contribution in [2.75, 3.05) is 0 Å². The Morgan fingerprint density at radius 2 is 2.12 bits per heavy atom. The topological polar surface area (TPSA) is 25.2 Å². The van der Waals surface area contributed by atoms with E-state index in [1.807, 2.05) is 12.4 Å². The number of nitrogens with zero attached hydrogens (tertiary/aromatic N) is 2. The van der Waals surface area contributed by atoms with Crippen molar-refractivity contribution in [1.82, 2.24) is 4.98 Å². The maximum atomic E-state index is 4.42. The molecule has 1 aromatic rings. The lowest BCUT2D eigenvalue weighted by Crippen LogP contribution is -1.96. The average Bonchev–Trinajstić information content (AvgIpc) is 2.38. The van der Waals surface area contributed by atoms with Gasteiger partial charge >= 0.3 is 0 Å². The molecule has 0 spiro atoms. The third-order valence-corrected chi connectivity index (χ3v) is 3.04. The molecule has 1 aromatic heterocycles. The van der Waals surface area contributed by atoms with Crippen molar-refractivity contribution in [3.63, 3.8) is 0 Å². The Kier molecular flexibility index (Phi) is 4.08. The van der Waals surface area contributed by atoms with Crippen LogP contribution >= 0.6 is 0 Å².